The van der Waals surface area contributed by atoms with Gasteiger partial charge in [-0.3, -0.25) is 9.89 Å². The summed E-state index contributed by atoms with van der Waals surface area (Å²) in [4.78, 5) is 18.7. The number of H-pyrrole nitrogens is 1. The summed E-state index contributed by atoms with van der Waals surface area (Å²) in [5.74, 6) is 1.25. The molecule has 1 fully saturated rings. The number of carbonyl (C=O) groups is 1. The predicted octanol–water partition coefficient (Wildman–Crippen LogP) is 2.69. The van der Waals surface area contributed by atoms with Gasteiger partial charge in [0.1, 0.15) is 17.5 Å². The van der Waals surface area contributed by atoms with Gasteiger partial charge in [-0.05, 0) is 31.2 Å². The van der Waals surface area contributed by atoms with Gasteiger partial charge in [0.05, 0.1) is 25.9 Å². The molecule has 1 aliphatic heterocycles. The second-order valence-corrected chi connectivity index (χ2v) is 6.47. The van der Waals surface area contributed by atoms with Crippen LogP contribution in [0.1, 0.15) is 16.2 Å². The van der Waals surface area contributed by atoms with Crippen LogP contribution in [0.25, 0.3) is 11.3 Å². The van der Waals surface area contributed by atoms with Crippen molar-refractivity contribution in [3.05, 3.63) is 59.9 Å². The number of rotatable bonds is 5. The highest BCUT2D eigenvalue weighted by molar-refractivity contribution is 5.94. The van der Waals surface area contributed by atoms with Crippen molar-refractivity contribution in [3.63, 3.8) is 0 Å². The van der Waals surface area contributed by atoms with E-state index in [0.29, 0.717) is 30.4 Å². The molecule has 1 saturated heterocycles. The Morgan fingerprint density at radius 1 is 1.19 bits per heavy atom. The third-order valence-corrected chi connectivity index (χ3v) is 4.46. The molecule has 0 radical (unpaired) electrons. The van der Waals surface area contributed by atoms with Crippen LogP contribution in [0.4, 0.5) is 0 Å². The number of carbonyl (C=O) groups excluding carboxylic acids is 1. The molecule has 3 heterocycles. The van der Waals surface area contributed by atoms with E-state index in [9.17, 15) is 4.79 Å². The van der Waals surface area contributed by atoms with Gasteiger partial charge in [0.25, 0.3) is 5.91 Å². The lowest BCUT2D eigenvalue weighted by Gasteiger charge is -2.38. The van der Waals surface area contributed by atoms with Crippen LogP contribution in [-0.4, -0.2) is 52.3 Å². The van der Waals surface area contributed by atoms with Gasteiger partial charge < -0.3 is 14.4 Å². The Labute approximate surface area is 156 Å². The van der Waals surface area contributed by atoms with Crippen molar-refractivity contribution in [1.82, 2.24) is 20.1 Å². The molecule has 3 aromatic rings. The van der Waals surface area contributed by atoms with Crippen LogP contribution in [0.3, 0.4) is 0 Å². The maximum Gasteiger partial charge on any atom is 0.272 e. The number of ether oxygens (including phenoxy) is 2. The first-order chi connectivity index (χ1) is 13.1. The summed E-state index contributed by atoms with van der Waals surface area (Å²) in [6.07, 6.45) is -0.0379. The van der Waals surface area contributed by atoms with Crippen LogP contribution in [0.5, 0.6) is 11.6 Å². The standard InChI is InChI=1S/C20H20N4O3/c1-13-5-3-8-19(21-13)27-16-11-24(12-16)20(25)18-10-17(22-23-18)14-6-4-7-15(9-14)26-2/h3-10,16H,11-12H2,1-2H3,(H,22,23). The van der Waals surface area contributed by atoms with Gasteiger partial charge in [-0.1, -0.05) is 18.2 Å². The van der Waals surface area contributed by atoms with Crippen LogP contribution in [0, 0.1) is 6.92 Å². The summed E-state index contributed by atoms with van der Waals surface area (Å²) in [7, 11) is 1.62. The zero-order valence-corrected chi connectivity index (χ0v) is 15.2. The first kappa shape index (κ1) is 17.1. The number of aryl methyl sites for hydroxylation is 1. The average Bonchev–Trinajstić information content (AvgIpc) is 3.14. The molecule has 7 nitrogen and oxygen atoms in total. The molecule has 2 aromatic heterocycles. The Morgan fingerprint density at radius 3 is 2.78 bits per heavy atom. The van der Waals surface area contributed by atoms with Crippen LogP contribution in [0.2, 0.25) is 0 Å². The fraction of sp³-hybridized carbons (Fsp3) is 0.250. The molecule has 4 rings (SSSR count). The van der Waals surface area contributed by atoms with E-state index in [4.69, 9.17) is 9.47 Å². The third-order valence-electron chi connectivity index (χ3n) is 4.46. The quantitative estimate of drug-likeness (QED) is 0.753. The van der Waals surface area contributed by atoms with Gasteiger partial charge in [0.15, 0.2) is 0 Å². The molecule has 0 aliphatic carbocycles. The fourth-order valence-electron chi connectivity index (χ4n) is 2.96. The molecule has 0 spiro atoms. The molecular formula is C20H20N4O3. The highest BCUT2D eigenvalue weighted by Gasteiger charge is 2.34. The summed E-state index contributed by atoms with van der Waals surface area (Å²) in [6, 6.07) is 15.0. The van der Waals surface area contributed by atoms with Crippen LogP contribution in [-0.2, 0) is 0 Å². The van der Waals surface area contributed by atoms with Gasteiger partial charge in [0, 0.05) is 17.3 Å². The average molecular weight is 364 g/mol. The number of aromatic nitrogens is 3. The summed E-state index contributed by atoms with van der Waals surface area (Å²) < 4.78 is 11.0. The van der Waals surface area contributed by atoms with Crippen molar-refractivity contribution in [3.8, 4) is 22.9 Å². The van der Waals surface area contributed by atoms with E-state index in [1.807, 2.05) is 49.4 Å². The van der Waals surface area contributed by atoms with E-state index in [2.05, 4.69) is 15.2 Å². The van der Waals surface area contributed by atoms with Gasteiger partial charge >= 0.3 is 0 Å². The Bertz CT molecular complexity index is 963. The van der Waals surface area contributed by atoms with Crippen molar-refractivity contribution in [1.29, 1.82) is 0 Å². The predicted molar refractivity (Wildman–Crippen MR) is 99.9 cm³/mol. The molecule has 7 heteroatoms. The first-order valence-corrected chi connectivity index (χ1v) is 8.72. The zero-order valence-electron chi connectivity index (χ0n) is 15.2. The SMILES string of the molecule is COc1cccc(-c2cc(C(=O)N3CC(Oc4cccc(C)n4)C3)[nH]n2)c1. The lowest BCUT2D eigenvalue weighted by molar-refractivity contribution is 0.0155. The molecule has 27 heavy (non-hydrogen) atoms. The number of pyridine rings is 1. The number of likely N-dealkylation sites (tertiary alicyclic amines) is 1. The zero-order chi connectivity index (χ0) is 18.8. The summed E-state index contributed by atoms with van der Waals surface area (Å²) in [5.41, 5.74) is 2.96. The third kappa shape index (κ3) is 3.62. The molecule has 0 atom stereocenters. The van der Waals surface area contributed by atoms with Crippen molar-refractivity contribution in [2.75, 3.05) is 20.2 Å². The maximum atomic E-state index is 12.6. The number of hydrogen-bond donors (Lipinski definition) is 1. The van der Waals surface area contributed by atoms with Crippen molar-refractivity contribution < 1.29 is 14.3 Å². The minimum Gasteiger partial charge on any atom is -0.497 e. The first-order valence-electron chi connectivity index (χ1n) is 8.72. The van der Waals surface area contributed by atoms with E-state index in [0.717, 1.165) is 17.0 Å². The maximum absolute atomic E-state index is 12.6. The van der Waals surface area contributed by atoms with Gasteiger partial charge in [-0.15, -0.1) is 0 Å². The Hall–Kier alpha value is -3.35. The van der Waals surface area contributed by atoms with Crippen LogP contribution >= 0.6 is 0 Å². The normalized spacial score (nSPS) is 13.9. The molecule has 1 amide bonds. The highest BCUT2D eigenvalue weighted by Crippen LogP contribution is 2.24. The molecule has 0 saturated carbocycles. The lowest BCUT2D eigenvalue weighted by Crippen LogP contribution is -2.56. The van der Waals surface area contributed by atoms with Gasteiger partial charge in [-0.25, -0.2) is 4.98 Å². The molecule has 0 unspecified atom stereocenters. The Kier molecular flexibility index (Phi) is 4.50. The number of aromatic amines is 1. The van der Waals surface area contributed by atoms with E-state index >= 15 is 0 Å². The van der Waals surface area contributed by atoms with E-state index in [-0.39, 0.29) is 12.0 Å². The second-order valence-electron chi connectivity index (χ2n) is 6.47. The van der Waals surface area contributed by atoms with Gasteiger partial charge in [-0.2, -0.15) is 5.10 Å². The number of hydrogen-bond acceptors (Lipinski definition) is 5. The fourth-order valence-corrected chi connectivity index (χ4v) is 2.96. The summed E-state index contributed by atoms with van der Waals surface area (Å²) in [5, 5.41) is 7.08. The topological polar surface area (TPSA) is 80.3 Å². The van der Waals surface area contributed by atoms with E-state index in [1.54, 1.807) is 18.1 Å². The number of amides is 1. The Balaban J connectivity index is 1.38. The molecular weight excluding hydrogens is 344 g/mol. The van der Waals surface area contributed by atoms with Gasteiger partial charge in [0.2, 0.25) is 5.88 Å². The smallest absolute Gasteiger partial charge is 0.272 e. The minimum atomic E-state index is -0.0892. The number of methoxy groups -OCH3 is 1. The van der Waals surface area contributed by atoms with Crippen molar-refractivity contribution in [2.45, 2.75) is 13.0 Å². The van der Waals surface area contributed by atoms with Crippen molar-refractivity contribution >= 4 is 5.91 Å². The minimum absolute atomic E-state index is 0.0379. The molecule has 1 aromatic carbocycles. The van der Waals surface area contributed by atoms with Crippen LogP contribution in [0.15, 0.2) is 48.5 Å². The highest BCUT2D eigenvalue weighted by atomic mass is 16.5. The van der Waals surface area contributed by atoms with E-state index < -0.39 is 0 Å². The van der Waals surface area contributed by atoms with E-state index in [1.165, 1.54) is 0 Å². The van der Waals surface area contributed by atoms with Crippen LogP contribution < -0.4 is 9.47 Å². The van der Waals surface area contributed by atoms with Crippen molar-refractivity contribution in [2.24, 2.45) is 0 Å². The number of nitrogens with one attached hydrogen (secondary N) is 1. The lowest BCUT2D eigenvalue weighted by atomic mass is 10.1. The summed E-state index contributed by atoms with van der Waals surface area (Å²) >= 11 is 0. The molecule has 138 valence electrons. The Morgan fingerprint density at radius 2 is 2.00 bits per heavy atom. The summed E-state index contributed by atoms with van der Waals surface area (Å²) in [6.45, 7) is 2.98. The molecule has 1 N–H and O–H groups in total. The largest absolute Gasteiger partial charge is 0.497 e. The molecule has 0 bridgehead atoms. The molecule has 1 aliphatic rings. The number of nitrogens with zero attached hydrogens (tertiary/aromatic N) is 3. The second kappa shape index (κ2) is 7.11. The monoisotopic (exact) mass is 364 g/mol. The number of benzene rings is 1.